The second-order valence-corrected chi connectivity index (χ2v) is 5.96. The van der Waals surface area contributed by atoms with Gasteiger partial charge in [-0.25, -0.2) is 0 Å². The zero-order chi connectivity index (χ0) is 13.7. The smallest absolute Gasteiger partial charge is 0.115 e. The van der Waals surface area contributed by atoms with E-state index in [1.54, 1.807) is 23.5 Å². The predicted octanol–water partition coefficient (Wildman–Crippen LogP) is 3.61. The molecule has 0 aliphatic rings. The molecule has 1 heterocycles. The highest BCUT2D eigenvalue weighted by atomic mass is 32.1. The van der Waals surface area contributed by atoms with Gasteiger partial charge in [-0.3, -0.25) is 0 Å². The average molecular weight is 275 g/mol. The molecule has 3 heteroatoms. The van der Waals surface area contributed by atoms with Crippen molar-refractivity contribution in [1.82, 2.24) is 5.32 Å². The Balaban J connectivity index is 1.80. The standard InChI is InChI=1S/C16H21NOS/c1-12(9-14-3-5-16(18)6-4-14)17-13(2)10-15-7-8-19-11-15/h3-8,11-13,17-18H,9-10H2,1-2H3. The number of aromatic hydroxyl groups is 1. The van der Waals surface area contributed by atoms with Crippen molar-refractivity contribution in [2.75, 3.05) is 0 Å². The van der Waals surface area contributed by atoms with E-state index in [0.717, 1.165) is 12.8 Å². The highest BCUT2D eigenvalue weighted by Gasteiger charge is 2.09. The summed E-state index contributed by atoms with van der Waals surface area (Å²) in [7, 11) is 0. The third-order valence-corrected chi connectivity index (χ3v) is 3.90. The Bertz CT molecular complexity index is 478. The van der Waals surface area contributed by atoms with Gasteiger partial charge in [0.1, 0.15) is 5.75 Å². The van der Waals surface area contributed by atoms with Gasteiger partial charge in [-0.15, -0.1) is 0 Å². The maximum absolute atomic E-state index is 9.27. The number of phenolic OH excluding ortho intramolecular Hbond substituents is 1. The minimum atomic E-state index is 0.329. The van der Waals surface area contributed by atoms with E-state index >= 15 is 0 Å². The second kappa shape index (κ2) is 6.73. The summed E-state index contributed by atoms with van der Waals surface area (Å²) in [6.45, 7) is 4.43. The van der Waals surface area contributed by atoms with Gasteiger partial charge >= 0.3 is 0 Å². The molecule has 2 N–H and O–H groups in total. The molecule has 0 bridgehead atoms. The number of hydrogen-bond acceptors (Lipinski definition) is 3. The molecule has 0 saturated carbocycles. The zero-order valence-electron chi connectivity index (χ0n) is 11.5. The Hall–Kier alpha value is -1.32. The van der Waals surface area contributed by atoms with Crippen molar-refractivity contribution in [2.45, 2.75) is 38.8 Å². The van der Waals surface area contributed by atoms with E-state index in [1.807, 2.05) is 12.1 Å². The fourth-order valence-corrected chi connectivity index (χ4v) is 3.03. The van der Waals surface area contributed by atoms with Crippen LogP contribution in [0.1, 0.15) is 25.0 Å². The summed E-state index contributed by atoms with van der Waals surface area (Å²) < 4.78 is 0. The molecule has 2 atom stereocenters. The van der Waals surface area contributed by atoms with Crippen LogP contribution in [0.2, 0.25) is 0 Å². The molecule has 2 unspecified atom stereocenters. The lowest BCUT2D eigenvalue weighted by molar-refractivity contribution is 0.460. The first kappa shape index (κ1) is 14.1. The Morgan fingerprint density at radius 3 is 2.21 bits per heavy atom. The molecule has 102 valence electrons. The van der Waals surface area contributed by atoms with Crippen molar-refractivity contribution in [3.05, 3.63) is 52.2 Å². The predicted molar refractivity (Wildman–Crippen MR) is 81.9 cm³/mol. The summed E-state index contributed by atoms with van der Waals surface area (Å²) in [5.41, 5.74) is 2.65. The van der Waals surface area contributed by atoms with Crippen molar-refractivity contribution in [3.8, 4) is 5.75 Å². The van der Waals surface area contributed by atoms with Crippen molar-refractivity contribution in [2.24, 2.45) is 0 Å². The molecular formula is C16H21NOS. The first-order valence-electron chi connectivity index (χ1n) is 6.68. The van der Waals surface area contributed by atoms with Gasteiger partial charge in [0, 0.05) is 12.1 Å². The summed E-state index contributed by atoms with van der Waals surface area (Å²) in [5.74, 6) is 0.329. The molecule has 2 rings (SSSR count). The zero-order valence-corrected chi connectivity index (χ0v) is 12.3. The molecule has 2 nitrogen and oxygen atoms in total. The lowest BCUT2D eigenvalue weighted by Crippen LogP contribution is -2.37. The van der Waals surface area contributed by atoms with Gasteiger partial charge in [-0.2, -0.15) is 11.3 Å². The van der Waals surface area contributed by atoms with Crippen LogP contribution in [0.25, 0.3) is 0 Å². The Morgan fingerprint density at radius 2 is 1.63 bits per heavy atom. The monoisotopic (exact) mass is 275 g/mol. The number of rotatable bonds is 6. The number of benzene rings is 1. The summed E-state index contributed by atoms with van der Waals surface area (Å²) in [4.78, 5) is 0. The summed E-state index contributed by atoms with van der Waals surface area (Å²) in [6.07, 6.45) is 2.05. The van der Waals surface area contributed by atoms with Crippen LogP contribution in [-0.4, -0.2) is 17.2 Å². The third-order valence-electron chi connectivity index (χ3n) is 3.17. The quantitative estimate of drug-likeness (QED) is 0.844. The number of thiophene rings is 1. The van der Waals surface area contributed by atoms with E-state index < -0.39 is 0 Å². The van der Waals surface area contributed by atoms with E-state index in [1.165, 1.54) is 11.1 Å². The van der Waals surface area contributed by atoms with Gasteiger partial charge < -0.3 is 10.4 Å². The molecular weight excluding hydrogens is 254 g/mol. The minimum absolute atomic E-state index is 0.329. The lowest BCUT2D eigenvalue weighted by atomic mass is 10.0. The lowest BCUT2D eigenvalue weighted by Gasteiger charge is -2.20. The van der Waals surface area contributed by atoms with Crippen molar-refractivity contribution in [3.63, 3.8) is 0 Å². The summed E-state index contributed by atoms with van der Waals surface area (Å²) >= 11 is 1.75. The largest absolute Gasteiger partial charge is 0.508 e. The van der Waals surface area contributed by atoms with E-state index in [2.05, 4.69) is 36.0 Å². The highest BCUT2D eigenvalue weighted by Crippen LogP contribution is 2.12. The Kier molecular flexibility index (Phi) is 5.00. The van der Waals surface area contributed by atoms with Crippen molar-refractivity contribution < 1.29 is 5.11 Å². The van der Waals surface area contributed by atoms with E-state index in [-0.39, 0.29) is 0 Å². The van der Waals surface area contributed by atoms with Gasteiger partial charge in [0.05, 0.1) is 0 Å². The van der Waals surface area contributed by atoms with Gasteiger partial charge in [-0.05, 0) is 66.8 Å². The van der Waals surface area contributed by atoms with Crippen LogP contribution >= 0.6 is 11.3 Å². The van der Waals surface area contributed by atoms with E-state index in [4.69, 9.17) is 0 Å². The third kappa shape index (κ3) is 4.69. The molecule has 0 radical (unpaired) electrons. The molecule has 2 aromatic rings. The fourth-order valence-electron chi connectivity index (χ4n) is 2.35. The number of phenols is 1. The molecule has 19 heavy (non-hydrogen) atoms. The van der Waals surface area contributed by atoms with Crippen LogP contribution in [0.4, 0.5) is 0 Å². The number of nitrogens with one attached hydrogen (secondary N) is 1. The summed E-state index contributed by atoms with van der Waals surface area (Å²) in [5, 5.41) is 17.2. The van der Waals surface area contributed by atoms with Gasteiger partial charge in [0.2, 0.25) is 0 Å². The van der Waals surface area contributed by atoms with Crippen LogP contribution in [0, 0.1) is 0 Å². The Morgan fingerprint density at radius 1 is 1.00 bits per heavy atom. The van der Waals surface area contributed by atoms with Gasteiger partial charge in [-0.1, -0.05) is 12.1 Å². The fraction of sp³-hybridized carbons (Fsp3) is 0.375. The molecule has 0 aliphatic carbocycles. The molecule has 1 aromatic carbocycles. The van der Waals surface area contributed by atoms with Crippen molar-refractivity contribution in [1.29, 1.82) is 0 Å². The van der Waals surface area contributed by atoms with E-state index in [9.17, 15) is 5.11 Å². The molecule has 0 fully saturated rings. The van der Waals surface area contributed by atoms with E-state index in [0.29, 0.717) is 17.8 Å². The normalized spacial score (nSPS) is 14.2. The topological polar surface area (TPSA) is 32.3 Å². The van der Waals surface area contributed by atoms with Crippen molar-refractivity contribution >= 4 is 11.3 Å². The van der Waals surface area contributed by atoms with Crippen LogP contribution < -0.4 is 5.32 Å². The highest BCUT2D eigenvalue weighted by molar-refractivity contribution is 7.07. The minimum Gasteiger partial charge on any atom is -0.508 e. The maximum Gasteiger partial charge on any atom is 0.115 e. The first-order valence-corrected chi connectivity index (χ1v) is 7.63. The molecule has 1 aromatic heterocycles. The average Bonchev–Trinajstić information content (AvgIpc) is 2.84. The number of hydrogen-bond donors (Lipinski definition) is 2. The SMILES string of the molecule is CC(Cc1ccc(O)cc1)NC(C)Cc1ccsc1. The molecule has 0 saturated heterocycles. The van der Waals surface area contributed by atoms with Crippen LogP contribution in [0.15, 0.2) is 41.1 Å². The Labute approximate surface area is 119 Å². The van der Waals surface area contributed by atoms with Crippen LogP contribution in [0.5, 0.6) is 5.75 Å². The molecule has 0 spiro atoms. The van der Waals surface area contributed by atoms with Gasteiger partial charge in [0.15, 0.2) is 0 Å². The first-order chi connectivity index (χ1) is 9.13. The van der Waals surface area contributed by atoms with Gasteiger partial charge in [0.25, 0.3) is 0 Å². The van der Waals surface area contributed by atoms with Crippen LogP contribution in [-0.2, 0) is 12.8 Å². The van der Waals surface area contributed by atoms with Crippen LogP contribution in [0.3, 0.4) is 0 Å². The molecule has 0 amide bonds. The maximum atomic E-state index is 9.27. The second-order valence-electron chi connectivity index (χ2n) is 5.18. The summed E-state index contributed by atoms with van der Waals surface area (Å²) in [6, 6.07) is 10.6. The molecule has 0 aliphatic heterocycles.